The Labute approximate surface area is 219 Å². The van der Waals surface area contributed by atoms with E-state index in [9.17, 15) is 18.4 Å². The minimum Gasteiger partial charge on any atom is -0.381 e. The van der Waals surface area contributed by atoms with Crippen LogP contribution in [-0.2, 0) is 26.0 Å². The lowest BCUT2D eigenvalue weighted by atomic mass is 9.93. The van der Waals surface area contributed by atoms with Gasteiger partial charge in [-0.2, -0.15) is 0 Å². The molecule has 1 aromatic carbocycles. The van der Waals surface area contributed by atoms with Gasteiger partial charge in [-0.1, -0.05) is 43.7 Å². The highest BCUT2D eigenvalue weighted by Crippen LogP contribution is 2.36. The van der Waals surface area contributed by atoms with Crippen molar-refractivity contribution in [1.29, 1.82) is 0 Å². The summed E-state index contributed by atoms with van der Waals surface area (Å²) >= 11 is 0. The molecule has 1 aromatic heterocycles. The summed E-state index contributed by atoms with van der Waals surface area (Å²) in [6.45, 7) is 3.17. The van der Waals surface area contributed by atoms with Crippen LogP contribution in [0.15, 0.2) is 42.6 Å². The fraction of sp³-hybridized carbons (Fsp3) is 0.538. The average Bonchev–Trinajstić information content (AvgIpc) is 2.92. The number of nitrogens with zero attached hydrogens (tertiary/aromatic N) is 2. The molecule has 0 unspecified atom stereocenters. The number of nitrogens with one attached hydrogen (secondary N) is 1. The molecule has 2 aromatic rings. The summed E-state index contributed by atoms with van der Waals surface area (Å²) in [7, 11) is -3.96. The van der Waals surface area contributed by atoms with Crippen molar-refractivity contribution in [2.75, 3.05) is 26.3 Å². The molecule has 0 radical (unpaired) electrons. The van der Waals surface area contributed by atoms with Crippen molar-refractivity contribution in [3.05, 3.63) is 53.9 Å². The van der Waals surface area contributed by atoms with E-state index in [2.05, 4.69) is 37.3 Å². The van der Waals surface area contributed by atoms with Crippen LogP contribution in [0.3, 0.4) is 0 Å². The predicted molar refractivity (Wildman–Crippen MR) is 141 cm³/mol. The number of amides is 1. The van der Waals surface area contributed by atoms with Crippen molar-refractivity contribution in [3.8, 4) is 11.1 Å². The molecule has 2 saturated heterocycles. The number of rotatable bonds is 8. The maximum atomic E-state index is 13.5. The number of carbonyl (C=O) groups is 1. The largest absolute Gasteiger partial charge is 0.381 e. The Bertz CT molecular complexity index is 1100. The Hall–Kier alpha value is -2.04. The van der Waals surface area contributed by atoms with E-state index in [0.717, 1.165) is 23.2 Å². The van der Waals surface area contributed by atoms with Crippen molar-refractivity contribution in [1.82, 2.24) is 14.8 Å². The standard InChI is InChI=1S/C26H35N3O5S.ClH/c1-2-3-4-20-5-7-21(8-6-20)23-9-10-24(27-19-23)22-11-15-29(16-12-22)35(32,33)26(25(30)28-31)13-17-34-18-14-26;/h5-10,19,22,31H,2-4,11-18H2,1H3,(H,28,30);1H. The van der Waals surface area contributed by atoms with Gasteiger partial charge in [-0.3, -0.25) is 15.0 Å². The van der Waals surface area contributed by atoms with E-state index in [0.29, 0.717) is 25.9 Å². The summed E-state index contributed by atoms with van der Waals surface area (Å²) in [5, 5.41) is 9.23. The van der Waals surface area contributed by atoms with Crippen LogP contribution < -0.4 is 5.48 Å². The fourth-order valence-electron chi connectivity index (χ4n) is 5.11. The normalized spacial score (nSPS) is 18.8. The first kappa shape index (κ1) is 28.5. The van der Waals surface area contributed by atoms with Crippen molar-refractivity contribution >= 4 is 28.3 Å². The van der Waals surface area contributed by atoms with E-state index in [-0.39, 0.29) is 44.4 Å². The van der Waals surface area contributed by atoms with Gasteiger partial charge in [0, 0.05) is 62.5 Å². The Morgan fingerprint density at radius 3 is 2.31 bits per heavy atom. The molecular formula is C26H36ClN3O5S. The molecule has 0 bridgehead atoms. The van der Waals surface area contributed by atoms with Crippen LogP contribution in [0.25, 0.3) is 11.1 Å². The predicted octanol–water partition coefficient (Wildman–Crippen LogP) is 4.08. The summed E-state index contributed by atoms with van der Waals surface area (Å²) in [5.74, 6) is -0.720. The molecule has 198 valence electrons. The van der Waals surface area contributed by atoms with Gasteiger partial charge in [-0.05, 0) is 42.9 Å². The summed E-state index contributed by atoms with van der Waals surface area (Å²) in [6, 6.07) is 12.7. The number of benzene rings is 1. The topological polar surface area (TPSA) is 109 Å². The third-order valence-corrected chi connectivity index (χ3v) is 10.0. The first-order chi connectivity index (χ1) is 16.9. The number of aryl methyl sites for hydroxylation is 1. The first-order valence-electron chi connectivity index (χ1n) is 12.5. The molecule has 2 aliphatic rings. The number of ether oxygens (including phenoxy) is 1. The minimum absolute atomic E-state index is 0. The van der Waals surface area contributed by atoms with Gasteiger partial charge in [0.1, 0.15) is 0 Å². The van der Waals surface area contributed by atoms with Crippen LogP contribution in [0.4, 0.5) is 0 Å². The van der Waals surface area contributed by atoms with Gasteiger partial charge in [-0.15, -0.1) is 12.4 Å². The SMILES string of the molecule is CCCCc1ccc(-c2ccc(C3CCN(S(=O)(=O)C4(C(=O)NO)CCOCC4)CC3)nc2)cc1.Cl. The Kier molecular flexibility index (Phi) is 9.88. The van der Waals surface area contributed by atoms with E-state index in [4.69, 9.17) is 9.72 Å². The van der Waals surface area contributed by atoms with Gasteiger partial charge in [-0.25, -0.2) is 18.2 Å². The van der Waals surface area contributed by atoms with E-state index in [1.54, 1.807) is 5.48 Å². The Morgan fingerprint density at radius 1 is 1.11 bits per heavy atom. The van der Waals surface area contributed by atoms with E-state index >= 15 is 0 Å². The van der Waals surface area contributed by atoms with Crippen LogP contribution in [0.1, 0.15) is 62.6 Å². The number of halogens is 1. The van der Waals surface area contributed by atoms with Crippen LogP contribution >= 0.6 is 12.4 Å². The Balaban J connectivity index is 0.00000361. The molecule has 8 nitrogen and oxygen atoms in total. The lowest BCUT2D eigenvalue weighted by Crippen LogP contribution is -2.60. The zero-order valence-corrected chi connectivity index (χ0v) is 22.3. The molecule has 36 heavy (non-hydrogen) atoms. The number of piperidine rings is 1. The number of aromatic nitrogens is 1. The second kappa shape index (κ2) is 12.5. The fourth-order valence-corrected chi connectivity index (χ4v) is 7.25. The molecule has 10 heteroatoms. The second-order valence-electron chi connectivity index (χ2n) is 9.50. The molecule has 0 saturated carbocycles. The van der Waals surface area contributed by atoms with Crippen LogP contribution in [0.2, 0.25) is 0 Å². The number of carbonyl (C=O) groups excluding carboxylic acids is 1. The lowest BCUT2D eigenvalue weighted by Gasteiger charge is -2.40. The Morgan fingerprint density at radius 2 is 1.75 bits per heavy atom. The first-order valence-corrected chi connectivity index (χ1v) is 13.9. The number of hydroxylamine groups is 1. The highest BCUT2D eigenvalue weighted by Gasteiger charge is 2.54. The number of hydrogen-bond donors (Lipinski definition) is 2. The molecule has 2 fully saturated rings. The zero-order chi connectivity index (χ0) is 24.9. The van der Waals surface area contributed by atoms with Gasteiger partial charge in [0.15, 0.2) is 4.75 Å². The van der Waals surface area contributed by atoms with Gasteiger partial charge >= 0.3 is 0 Å². The van der Waals surface area contributed by atoms with Crippen LogP contribution in [0.5, 0.6) is 0 Å². The molecular weight excluding hydrogens is 502 g/mol. The quantitative estimate of drug-likeness (QED) is 0.388. The molecule has 0 aliphatic carbocycles. The maximum Gasteiger partial charge on any atom is 0.266 e. The van der Waals surface area contributed by atoms with E-state index in [1.807, 2.05) is 12.3 Å². The highest BCUT2D eigenvalue weighted by atomic mass is 35.5. The average molecular weight is 538 g/mol. The molecule has 0 spiro atoms. The zero-order valence-electron chi connectivity index (χ0n) is 20.7. The van der Waals surface area contributed by atoms with Crippen molar-refractivity contribution < 1.29 is 23.2 Å². The van der Waals surface area contributed by atoms with E-state index in [1.165, 1.54) is 22.7 Å². The second-order valence-corrected chi connectivity index (χ2v) is 11.7. The molecule has 0 atom stereocenters. The highest BCUT2D eigenvalue weighted by molar-refractivity contribution is 7.91. The summed E-state index contributed by atoms with van der Waals surface area (Å²) < 4.78 is 32.0. The number of pyridine rings is 1. The number of hydrogen-bond acceptors (Lipinski definition) is 6. The monoisotopic (exact) mass is 537 g/mol. The van der Waals surface area contributed by atoms with Gasteiger partial charge < -0.3 is 4.74 Å². The molecule has 1 amide bonds. The van der Waals surface area contributed by atoms with Crippen molar-refractivity contribution in [2.45, 2.75) is 62.5 Å². The van der Waals surface area contributed by atoms with Gasteiger partial charge in [0.25, 0.3) is 5.91 Å². The molecule has 2 aliphatic heterocycles. The molecule has 3 heterocycles. The summed E-state index contributed by atoms with van der Waals surface area (Å²) in [6.07, 6.45) is 6.69. The number of unbranched alkanes of at least 4 members (excludes halogenated alkanes) is 1. The van der Waals surface area contributed by atoms with Crippen LogP contribution in [0, 0.1) is 0 Å². The van der Waals surface area contributed by atoms with E-state index < -0.39 is 20.7 Å². The van der Waals surface area contributed by atoms with Crippen molar-refractivity contribution in [2.24, 2.45) is 0 Å². The molecule has 4 rings (SSSR count). The number of sulfonamides is 1. The van der Waals surface area contributed by atoms with Crippen molar-refractivity contribution in [3.63, 3.8) is 0 Å². The molecule has 2 N–H and O–H groups in total. The van der Waals surface area contributed by atoms with Gasteiger partial charge in [0.2, 0.25) is 10.0 Å². The van der Waals surface area contributed by atoms with Crippen LogP contribution in [-0.4, -0.2) is 59.9 Å². The smallest absolute Gasteiger partial charge is 0.266 e. The summed E-state index contributed by atoms with van der Waals surface area (Å²) in [5.41, 5.74) is 6.08. The third-order valence-electron chi connectivity index (χ3n) is 7.41. The lowest BCUT2D eigenvalue weighted by molar-refractivity contribution is -0.134. The van der Waals surface area contributed by atoms with Gasteiger partial charge in [0.05, 0.1) is 0 Å². The maximum absolute atomic E-state index is 13.5. The third kappa shape index (κ3) is 5.75. The minimum atomic E-state index is -3.96. The summed E-state index contributed by atoms with van der Waals surface area (Å²) in [4.78, 5) is 17.1.